The van der Waals surface area contributed by atoms with Gasteiger partial charge in [-0.1, -0.05) is 0 Å². The van der Waals surface area contributed by atoms with Crippen molar-refractivity contribution in [3.8, 4) is 0 Å². The Bertz CT molecular complexity index is 1590. The van der Waals surface area contributed by atoms with Gasteiger partial charge < -0.3 is 25.8 Å². The van der Waals surface area contributed by atoms with Gasteiger partial charge in [-0.05, 0) is 56.8 Å². The molecule has 6 rings (SSSR count). The molecule has 11 nitrogen and oxygen atoms in total. The Morgan fingerprint density at radius 3 is 2.44 bits per heavy atom. The van der Waals surface area contributed by atoms with E-state index < -0.39 is 26.6 Å². The fraction of sp³-hybridized carbons (Fsp3) is 0.448. The number of halogens is 4. The number of rotatable bonds is 7. The van der Waals surface area contributed by atoms with Gasteiger partial charge in [0.05, 0.1) is 10.5 Å². The number of fused-ring (bicyclic) bond motifs is 1. The summed E-state index contributed by atoms with van der Waals surface area (Å²) in [6.07, 6.45) is 2.33. The molecule has 0 bridgehead atoms. The second-order valence-electron chi connectivity index (χ2n) is 11.4. The summed E-state index contributed by atoms with van der Waals surface area (Å²) < 4.78 is 55.3. The van der Waals surface area contributed by atoms with Gasteiger partial charge in [-0.3, -0.25) is 9.89 Å². The van der Waals surface area contributed by atoms with E-state index in [4.69, 9.17) is 0 Å². The van der Waals surface area contributed by atoms with E-state index in [1.807, 2.05) is 18.2 Å². The molecule has 0 radical (unpaired) electrons. The van der Waals surface area contributed by atoms with Gasteiger partial charge in [0, 0.05) is 87.0 Å². The van der Waals surface area contributed by atoms with Gasteiger partial charge in [0.2, 0.25) is 10.0 Å². The molecule has 3 aromatic rings. The minimum atomic E-state index is -4.19. The maximum Gasteiger partial charge on any atom is 0.258 e. The van der Waals surface area contributed by atoms with E-state index in [-0.39, 0.29) is 55.7 Å². The molecule has 3 aliphatic rings. The van der Waals surface area contributed by atoms with Crippen LogP contribution in [0.25, 0.3) is 0 Å². The standard InChI is InChI=1S/C29H36F2N8O3S.2ClH/c1-37-9-11-38(12-10-37)22-4-5-24(27(16-22)33-21-3-2-7-32-17-21)29(40)34-28-25-18-39(8-6-26(25)35-36-28)43(41,42)23-14-19(30)13-20(31)15-23;;/h4-5,13-16,21,32-33H,2-3,6-12,17-18H2,1H3,(H2,34,35,36,40);2*1H. The number of piperidine rings is 1. The molecule has 1 aromatic heterocycles. The third-order valence-electron chi connectivity index (χ3n) is 8.38. The molecule has 2 fully saturated rings. The first kappa shape index (κ1) is 34.9. The fourth-order valence-electron chi connectivity index (χ4n) is 5.89. The van der Waals surface area contributed by atoms with Crippen molar-refractivity contribution >= 4 is 57.9 Å². The van der Waals surface area contributed by atoms with E-state index in [1.165, 1.54) is 0 Å². The summed E-state index contributed by atoms with van der Waals surface area (Å²) in [4.78, 5) is 17.9. The summed E-state index contributed by atoms with van der Waals surface area (Å²) in [5.41, 5.74) is 3.44. The summed E-state index contributed by atoms with van der Waals surface area (Å²) in [7, 11) is -2.08. The SMILES string of the molecule is CN1CCN(c2ccc(C(=O)Nc3n[nH]c4c3CN(S(=O)(=O)c3cc(F)cc(F)c3)CC4)c(NC3CCCNC3)c2)CC1.Cl.Cl. The molecule has 4 heterocycles. The molecule has 45 heavy (non-hydrogen) atoms. The van der Waals surface area contributed by atoms with Crippen LogP contribution in [0.15, 0.2) is 41.3 Å². The van der Waals surface area contributed by atoms with Gasteiger partial charge in [-0.15, -0.1) is 24.8 Å². The lowest BCUT2D eigenvalue weighted by Gasteiger charge is -2.34. The van der Waals surface area contributed by atoms with Crippen LogP contribution in [-0.4, -0.2) is 92.6 Å². The molecule has 0 aliphatic carbocycles. The molecule has 1 atom stereocenters. The Balaban J connectivity index is 0.00000230. The molecule has 2 saturated heterocycles. The number of nitrogens with one attached hydrogen (secondary N) is 4. The van der Waals surface area contributed by atoms with Crippen LogP contribution in [0.4, 0.5) is 26.0 Å². The van der Waals surface area contributed by atoms with Crippen molar-refractivity contribution in [3.05, 3.63) is 64.9 Å². The monoisotopic (exact) mass is 686 g/mol. The second-order valence-corrected chi connectivity index (χ2v) is 13.3. The van der Waals surface area contributed by atoms with E-state index >= 15 is 0 Å². The maximum atomic E-state index is 13.8. The second kappa shape index (κ2) is 14.6. The van der Waals surface area contributed by atoms with Crippen LogP contribution < -0.4 is 20.9 Å². The third-order valence-corrected chi connectivity index (χ3v) is 10.2. The number of nitrogens with zero attached hydrogens (tertiary/aromatic N) is 4. The number of aromatic nitrogens is 2. The van der Waals surface area contributed by atoms with Crippen molar-refractivity contribution in [2.45, 2.75) is 36.7 Å². The van der Waals surface area contributed by atoms with E-state index in [0.29, 0.717) is 29.3 Å². The number of aromatic amines is 1. The van der Waals surface area contributed by atoms with Crippen LogP contribution >= 0.6 is 24.8 Å². The summed E-state index contributed by atoms with van der Waals surface area (Å²) in [6, 6.07) is 8.20. The molecular weight excluding hydrogens is 649 g/mol. The zero-order chi connectivity index (χ0) is 30.1. The van der Waals surface area contributed by atoms with Gasteiger partial charge in [0.25, 0.3) is 5.91 Å². The summed E-state index contributed by atoms with van der Waals surface area (Å²) in [6.45, 7) is 5.47. The average Bonchev–Trinajstić information content (AvgIpc) is 3.39. The molecule has 246 valence electrons. The number of piperazine rings is 1. The lowest BCUT2D eigenvalue weighted by molar-refractivity contribution is 0.102. The van der Waals surface area contributed by atoms with Crippen LogP contribution in [-0.2, 0) is 23.0 Å². The van der Waals surface area contributed by atoms with Crippen molar-refractivity contribution < 1.29 is 22.0 Å². The van der Waals surface area contributed by atoms with E-state index in [1.54, 1.807) is 0 Å². The highest BCUT2D eigenvalue weighted by molar-refractivity contribution is 7.89. The summed E-state index contributed by atoms with van der Waals surface area (Å²) >= 11 is 0. The number of carbonyl (C=O) groups excluding carboxylic acids is 1. The van der Waals surface area contributed by atoms with Gasteiger partial charge in [-0.25, -0.2) is 17.2 Å². The Labute approximate surface area is 274 Å². The highest BCUT2D eigenvalue weighted by Gasteiger charge is 2.32. The Morgan fingerprint density at radius 2 is 1.76 bits per heavy atom. The zero-order valence-electron chi connectivity index (χ0n) is 24.8. The van der Waals surface area contributed by atoms with E-state index in [2.05, 4.69) is 43.0 Å². The van der Waals surface area contributed by atoms with Crippen molar-refractivity contribution in [1.29, 1.82) is 0 Å². The van der Waals surface area contributed by atoms with Crippen molar-refractivity contribution in [2.75, 3.05) is 68.4 Å². The topological polar surface area (TPSA) is 126 Å². The summed E-state index contributed by atoms with van der Waals surface area (Å²) in [5.74, 6) is -2.10. The normalized spacial score (nSPS) is 19.2. The number of hydrogen-bond acceptors (Lipinski definition) is 8. The van der Waals surface area contributed by atoms with Gasteiger partial charge in [-0.2, -0.15) is 9.40 Å². The highest BCUT2D eigenvalue weighted by atomic mass is 35.5. The quantitative estimate of drug-likeness (QED) is 0.298. The molecular formula is C29H38Cl2F2N8O3S. The predicted octanol–water partition coefficient (Wildman–Crippen LogP) is 3.45. The molecule has 1 amide bonds. The molecule has 16 heteroatoms. The number of carbonyl (C=O) groups is 1. The first-order valence-corrected chi connectivity index (χ1v) is 16.0. The Hall–Kier alpha value is -3.01. The average molecular weight is 688 g/mol. The number of amides is 1. The number of benzene rings is 2. The largest absolute Gasteiger partial charge is 0.380 e. The Morgan fingerprint density at radius 1 is 1.02 bits per heavy atom. The lowest BCUT2D eigenvalue weighted by Crippen LogP contribution is -2.44. The number of hydrogen-bond donors (Lipinski definition) is 4. The minimum Gasteiger partial charge on any atom is -0.380 e. The molecule has 0 saturated carbocycles. The minimum absolute atomic E-state index is 0. The zero-order valence-corrected chi connectivity index (χ0v) is 27.3. The van der Waals surface area contributed by atoms with E-state index in [9.17, 15) is 22.0 Å². The van der Waals surface area contributed by atoms with Gasteiger partial charge in [0.1, 0.15) is 11.6 Å². The Kier molecular flexibility index (Phi) is 11.3. The first-order valence-electron chi connectivity index (χ1n) is 14.6. The fourth-order valence-corrected chi connectivity index (χ4v) is 7.34. The van der Waals surface area contributed by atoms with Crippen LogP contribution in [0, 0.1) is 11.6 Å². The number of sulfonamides is 1. The van der Waals surface area contributed by atoms with Crippen LogP contribution in [0.5, 0.6) is 0 Å². The molecule has 4 N–H and O–H groups in total. The van der Waals surface area contributed by atoms with Crippen LogP contribution in [0.1, 0.15) is 34.5 Å². The van der Waals surface area contributed by atoms with E-state index in [0.717, 1.165) is 79.9 Å². The highest BCUT2D eigenvalue weighted by Crippen LogP contribution is 2.31. The van der Waals surface area contributed by atoms with Gasteiger partial charge >= 0.3 is 0 Å². The van der Waals surface area contributed by atoms with Gasteiger partial charge in [0.15, 0.2) is 5.82 Å². The van der Waals surface area contributed by atoms with Crippen molar-refractivity contribution in [3.63, 3.8) is 0 Å². The molecule has 1 unspecified atom stereocenters. The lowest BCUT2D eigenvalue weighted by atomic mass is 10.0. The van der Waals surface area contributed by atoms with Crippen LogP contribution in [0.3, 0.4) is 0 Å². The number of likely N-dealkylation sites (N-methyl/N-ethyl adjacent to an activating group) is 1. The number of H-pyrrole nitrogens is 1. The predicted molar refractivity (Wildman–Crippen MR) is 174 cm³/mol. The maximum absolute atomic E-state index is 13.8. The van der Waals surface area contributed by atoms with Crippen LogP contribution in [0.2, 0.25) is 0 Å². The van der Waals surface area contributed by atoms with Crippen molar-refractivity contribution in [2.24, 2.45) is 0 Å². The third kappa shape index (κ3) is 7.69. The molecule has 2 aromatic carbocycles. The smallest absolute Gasteiger partial charge is 0.258 e. The first-order chi connectivity index (χ1) is 20.7. The number of anilines is 3. The molecule has 0 spiro atoms. The molecule has 3 aliphatic heterocycles. The summed E-state index contributed by atoms with van der Waals surface area (Å²) in [5, 5.41) is 17.1. The van der Waals surface area contributed by atoms with Crippen molar-refractivity contribution in [1.82, 2.24) is 24.7 Å².